The number of hydroxylamine groups is 1. The van der Waals surface area contributed by atoms with E-state index in [2.05, 4.69) is 0 Å². The molecule has 7 heteroatoms. The van der Waals surface area contributed by atoms with Crippen LogP contribution in [0.4, 0.5) is 0 Å². The van der Waals surface area contributed by atoms with E-state index in [1.165, 1.54) is 5.48 Å². The predicted molar refractivity (Wildman–Crippen MR) is 61.8 cm³/mol. The number of carbonyl (C=O) groups is 3. The van der Waals surface area contributed by atoms with Gasteiger partial charge in [0.1, 0.15) is 0 Å². The number of aromatic carboxylic acids is 1. The van der Waals surface area contributed by atoms with Crippen molar-refractivity contribution in [1.82, 2.24) is 5.48 Å². The van der Waals surface area contributed by atoms with Crippen molar-refractivity contribution in [3.63, 3.8) is 0 Å². The molecule has 7 nitrogen and oxygen atoms in total. The molecule has 0 saturated carbocycles. The second kappa shape index (κ2) is 8.71. The number of carboxylic acid groups (broad SMARTS) is 1. The smallest absolute Gasteiger partial charge is 0.335 e. The monoisotopic (exact) mass is 254 g/mol. The maximum atomic E-state index is 10.2. The van der Waals surface area contributed by atoms with Gasteiger partial charge in [0.25, 0.3) is 0 Å². The van der Waals surface area contributed by atoms with Crippen LogP contribution in [0.25, 0.3) is 0 Å². The number of hydrogen-bond donors (Lipinski definition) is 4. The van der Waals surface area contributed by atoms with Crippen LogP contribution < -0.4 is 11.2 Å². The van der Waals surface area contributed by atoms with Crippen molar-refractivity contribution in [2.75, 3.05) is 0 Å². The molecule has 0 atom stereocenters. The van der Waals surface area contributed by atoms with Crippen LogP contribution in [0.1, 0.15) is 23.2 Å². The van der Waals surface area contributed by atoms with Gasteiger partial charge in [0.2, 0.25) is 11.8 Å². The zero-order chi connectivity index (χ0) is 14.0. The highest BCUT2D eigenvalue weighted by molar-refractivity contribution is 5.87. The number of carboxylic acids is 1. The lowest BCUT2D eigenvalue weighted by Gasteiger charge is -1.92. The highest BCUT2D eigenvalue weighted by atomic mass is 16.5. The summed E-state index contributed by atoms with van der Waals surface area (Å²) in [5, 5.41) is 16.3. The highest BCUT2D eigenvalue weighted by Gasteiger charge is 2.00. The van der Waals surface area contributed by atoms with Crippen molar-refractivity contribution in [3.05, 3.63) is 35.9 Å². The van der Waals surface area contributed by atoms with Crippen LogP contribution in [0.2, 0.25) is 0 Å². The molecule has 1 aromatic rings. The predicted octanol–water partition coefficient (Wildman–Crippen LogP) is 0.142. The number of rotatable bonds is 4. The molecule has 0 fully saturated rings. The van der Waals surface area contributed by atoms with Crippen LogP contribution in [0.3, 0.4) is 0 Å². The maximum Gasteiger partial charge on any atom is 0.335 e. The molecule has 0 unspecified atom stereocenters. The first-order valence-electron chi connectivity index (χ1n) is 4.97. The molecule has 18 heavy (non-hydrogen) atoms. The van der Waals surface area contributed by atoms with Crippen LogP contribution in [0.5, 0.6) is 0 Å². The molecule has 0 aromatic heterocycles. The minimum absolute atomic E-state index is 0.0353. The molecule has 1 rings (SSSR count). The van der Waals surface area contributed by atoms with Gasteiger partial charge in [-0.2, -0.15) is 0 Å². The summed E-state index contributed by atoms with van der Waals surface area (Å²) in [7, 11) is 0. The number of hydrogen-bond acceptors (Lipinski definition) is 4. The molecular formula is C11H14N2O5. The Morgan fingerprint density at radius 2 is 1.67 bits per heavy atom. The minimum Gasteiger partial charge on any atom is -0.478 e. The quantitative estimate of drug-likeness (QED) is 0.448. The largest absolute Gasteiger partial charge is 0.478 e. The van der Waals surface area contributed by atoms with Crippen LogP contribution in [0.15, 0.2) is 30.3 Å². The first kappa shape index (κ1) is 15.6. The van der Waals surface area contributed by atoms with Crippen LogP contribution in [-0.4, -0.2) is 28.1 Å². The van der Waals surface area contributed by atoms with Crippen molar-refractivity contribution < 1.29 is 24.7 Å². The third-order valence-electron chi connectivity index (χ3n) is 1.74. The average molecular weight is 254 g/mol. The van der Waals surface area contributed by atoms with Gasteiger partial charge < -0.3 is 10.8 Å². The maximum absolute atomic E-state index is 10.2. The van der Waals surface area contributed by atoms with Crippen molar-refractivity contribution in [1.29, 1.82) is 0 Å². The molecular weight excluding hydrogens is 240 g/mol. The zero-order valence-electron chi connectivity index (χ0n) is 9.50. The van der Waals surface area contributed by atoms with Crippen molar-refractivity contribution in [3.8, 4) is 0 Å². The lowest BCUT2D eigenvalue weighted by molar-refractivity contribution is -0.131. The summed E-state index contributed by atoms with van der Waals surface area (Å²) in [5.74, 6) is -2.04. The third kappa shape index (κ3) is 7.83. The molecule has 0 aliphatic rings. The van der Waals surface area contributed by atoms with Gasteiger partial charge in [-0.15, -0.1) is 0 Å². The summed E-state index contributed by atoms with van der Waals surface area (Å²) in [6.07, 6.45) is -0.0990. The van der Waals surface area contributed by atoms with E-state index in [9.17, 15) is 14.4 Å². The normalized spacial score (nSPS) is 8.72. The summed E-state index contributed by atoms with van der Waals surface area (Å²) in [5.41, 5.74) is 6.40. The second-order valence-corrected chi connectivity index (χ2v) is 3.17. The Hall–Kier alpha value is -2.41. The fraction of sp³-hybridized carbons (Fsp3) is 0.182. The van der Waals surface area contributed by atoms with E-state index in [0.717, 1.165) is 0 Å². The number of carbonyl (C=O) groups excluding carboxylic acids is 2. The summed E-state index contributed by atoms with van der Waals surface area (Å²) in [6, 6.07) is 8.30. The van der Waals surface area contributed by atoms with Gasteiger partial charge >= 0.3 is 5.97 Å². The van der Waals surface area contributed by atoms with Crippen molar-refractivity contribution in [2.45, 2.75) is 12.8 Å². The molecule has 1 aromatic carbocycles. The Morgan fingerprint density at radius 1 is 1.11 bits per heavy atom. The van der Waals surface area contributed by atoms with Crippen molar-refractivity contribution >= 4 is 17.8 Å². The Bertz CT molecular complexity index is 405. The van der Waals surface area contributed by atoms with Gasteiger partial charge in [0.05, 0.1) is 5.56 Å². The average Bonchev–Trinajstić information content (AvgIpc) is 2.37. The number of benzene rings is 1. The highest BCUT2D eigenvalue weighted by Crippen LogP contribution is 1.96. The number of nitrogens with two attached hydrogens (primary N) is 1. The standard InChI is InChI=1S/C7H6O2.C4H8N2O3/c8-7(9)6-4-2-1-3-5-6;5-3(7)1-2-4(8)6-9/h1-5H,(H,8,9);9H,1-2H2,(H2,5,7)(H,6,8). The summed E-state index contributed by atoms with van der Waals surface area (Å²) < 4.78 is 0. The Morgan fingerprint density at radius 3 is 2.00 bits per heavy atom. The molecule has 2 amide bonds. The Balaban J connectivity index is 0.000000321. The van der Waals surface area contributed by atoms with E-state index in [0.29, 0.717) is 5.56 Å². The molecule has 0 radical (unpaired) electrons. The molecule has 0 bridgehead atoms. The Labute approximate surface area is 103 Å². The molecule has 5 N–H and O–H groups in total. The van der Waals surface area contributed by atoms with E-state index in [1.807, 2.05) is 0 Å². The van der Waals surface area contributed by atoms with Gasteiger partial charge in [-0.1, -0.05) is 18.2 Å². The molecule has 0 heterocycles. The first-order valence-corrected chi connectivity index (χ1v) is 4.97. The zero-order valence-corrected chi connectivity index (χ0v) is 9.50. The van der Waals surface area contributed by atoms with E-state index in [-0.39, 0.29) is 12.8 Å². The molecule has 0 aliphatic carbocycles. The van der Waals surface area contributed by atoms with Gasteiger partial charge in [-0.3, -0.25) is 14.8 Å². The van der Waals surface area contributed by atoms with Crippen LogP contribution >= 0.6 is 0 Å². The van der Waals surface area contributed by atoms with Gasteiger partial charge in [0, 0.05) is 12.8 Å². The summed E-state index contributed by atoms with van der Waals surface area (Å²) in [6.45, 7) is 0. The summed E-state index contributed by atoms with van der Waals surface area (Å²) >= 11 is 0. The SMILES string of the molecule is NC(=O)CCC(=O)NO.O=C(O)c1ccccc1. The fourth-order valence-corrected chi connectivity index (χ4v) is 0.873. The topological polar surface area (TPSA) is 130 Å². The molecule has 0 aliphatic heterocycles. The van der Waals surface area contributed by atoms with E-state index in [4.69, 9.17) is 16.0 Å². The van der Waals surface area contributed by atoms with Gasteiger partial charge in [-0.25, -0.2) is 10.3 Å². The van der Waals surface area contributed by atoms with Crippen molar-refractivity contribution in [2.24, 2.45) is 5.73 Å². The fourth-order valence-electron chi connectivity index (χ4n) is 0.873. The number of primary amides is 1. The molecule has 98 valence electrons. The summed E-state index contributed by atoms with van der Waals surface area (Å²) in [4.78, 5) is 30.3. The number of amides is 2. The minimum atomic E-state index is -0.879. The first-order chi connectivity index (χ1) is 8.47. The lowest BCUT2D eigenvalue weighted by Crippen LogP contribution is -2.21. The molecule has 0 spiro atoms. The molecule has 0 saturated heterocycles. The van der Waals surface area contributed by atoms with Gasteiger partial charge in [0.15, 0.2) is 0 Å². The third-order valence-corrected chi connectivity index (χ3v) is 1.74. The van der Waals surface area contributed by atoms with E-state index < -0.39 is 17.8 Å². The Kier molecular flexibility index (Phi) is 7.54. The van der Waals surface area contributed by atoms with Crippen LogP contribution in [0, 0.1) is 0 Å². The van der Waals surface area contributed by atoms with Gasteiger partial charge in [-0.05, 0) is 12.1 Å². The second-order valence-electron chi connectivity index (χ2n) is 3.17. The lowest BCUT2D eigenvalue weighted by atomic mass is 10.2. The number of nitrogens with one attached hydrogen (secondary N) is 1. The van der Waals surface area contributed by atoms with E-state index in [1.54, 1.807) is 30.3 Å². The van der Waals surface area contributed by atoms with Crippen LogP contribution in [-0.2, 0) is 9.59 Å². The van der Waals surface area contributed by atoms with E-state index >= 15 is 0 Å².